The third kappa shape index (κ3) is 2.41. The maximum atomic E-state index is 5.41. The number of nitrogens with one attached hydrogen (secondary N) is 1. The third-order valence-electron chi connectivity index (χ3n) is 2.64. The molecule has 16 heavy (non-hydrogen) atoms. The highest BCUT2D eigenvalue weighted by molar-refractivity contribution is 5.43. The molecule has 1 fully saturated rings. The summed E-state index contributed by atoms with van der Waals surface area (Å²) in [5.41, 5.74) is 0. The maximum Gasteiger partial charge on any atom is 0.224 e. The molecule has 0 aromatic carbocycles. The summed E-state index contributed by atoms with van der Waals surface area (Å²) in [6.45, 7) is 7.44. The van der Waals surface area contributed by atoms with Crippen LogP contribution in [-0.2, 0) is 4.74 Å². The summed E-state index contributed by atoms with van der Waals surface area (Å²) in [6, 6.07) is 2.32. The number of hydrogen-bond donors (Lipinski definition) is 1. The predicted molar refractivity (Wildman–Crippen MR) is 63.8 cm³/mol. The second-order valence-electron chi connectivity index (χ2n) is 3.89. The van der Waals surface area contributed by atoms with Crippen LogP contribution in [0, 0.1) is 0 Å². The van der Waals surface area contributed by atoms with Gasteiger partial charge in [0.2, 0.25) is 5.95 Å². The fourth-order valence-electron chi connectivity index (χ4n) is 1.82. The second-order valence-corrected chi connectivity index (χ2v) is 3.89. The average molecular weight is 222 g/mol. The first kappa shape index (κ1) is 11.1. The van der Waals surface area contributed by atoms with E-state index in [-0.39, 0.29) is 0 Å². The van der Waals surface area contributed by atoms with Gasteiger partial charge in [-0.3, -0.25) is 0 Å². The molecule has 88 valence electrons. The minimum Gasteiger partial charge on any atom is -0.377 e. The topological polar surface area (TPSA) is 50.3 Å². The van der Waals surface area contributed by atoms with Crippen LogP contribution in [0.5, 0.6) is 0 Å². The van der Waals surface area contributed by atoms with Crippen LogP contribution in [0.1, 0.15) is 13.8 Å². The zero-order valence-electron chi connectivity index (χ0n) is 9.81. The molecule has 1 aromatic heterocycles. The minimum absolute atomic E-state index is 0.373. The number of anilines is 2. The maximum absolute atomic E-state index is 5.41. The van der Waals surface area contributed by atoms with Gasteiger partial charge in [0.15, 0.2) is 0 Å². The van der Waals surface area contributed by atoms with Crippen molar-refractivity contribution < 1.29 is 4.74 Å². The molecule has 1 aromatic rings. The number of morpholine rings is 1. The molecule has 0 amide bonds. The lowest BCUT2D eigenvalue weighted by Crippen LogP contribution is -2.44. The standard InChI is InChI=1S/C11H18N4O/c1-3-12-11-13-5-4-10(14-11)15-6-7-16-8-9(15)2/h4-5,9H,3,6-8H2,1-2H3,(H,12,13,14). The number of ether oxygens (including phenoxy) is 1. The Bertz CT molecular complexity index is 345. The molecular formula is C11H18N4O. The average Bonchev–Trinajstić information content (AvgIpc) is 2.30. The number of hydrogen-bond acceptors (Lipinski definition) is 5. The van der Waals surface area contributed by atoms with Crippen molar-refractivity contribution in [3.05, 3.63) is 12.3 Å². The second kappa shape index (κ2) is 5.12. The van der Waals surface area contributed by atoms with Gasteiger partial charge >= 0.3 is 0 Å². The van der Waals surface area contributed by atoms with Crippen molar-refractivity contribution in [2.75, 3.05) is 36.5 Å². The van der Waals surface area contributed by atoms with E-state index >= 15 is 0 Å². The van der Waals surface area contributed by atoms with E-state index in [4.69, 9.17) is 4.74 Å². The van der Waals surface area contributed by atoms with Crippen LogP contribution in [0.4, 0.5) is 11.8 Å². The highest BCUT2D eigenvalue weighted by Crippen LogP contribution is 2.17. The SMILES string of the molecule is CCNc1nccc(N2CCOCC2C)n1. The summed E-state index contributed by atoms with van der Waals surface area (Å²) in [4.78, 5) is 10.9. The van der Waals surface area contributed by atoms with Gasteiger partial charge < -0.3 is 15.0 Å². The normalized spacial score (nSPS) is 20.9. The first-order valence-corrected chi connectivity index (χ1v) is 5.72. The molecule has 1 atom stereocenters. The summed E-state index contributed by atoms with van der Waals surface area (Å²) in [5.74, 6) is 1.67. The van der Waals surface area contributed by atoms with Gasteiger partial charge in [0.05, 0.1) is 19.3 Å². The molecule has 0 bridgehead atoms. The molecule has 1 saturated heterocycles. The summed E-state index contributed by atoms with van der Waals surface area (Å²) in [5, 5.41) is 3.12. The molecule has 1 aliphatic rings. The van der Waals surface area contributed by atoms with Gasteiger partial charge in [0, 0.05) is 19.3 Å². The Balaban J connectivity index is 2.15. The van der Waals surface area contributed by atoms with E-state index in [1.807, 2.05) is 13.0 Å². The highest BCUT2D eigenvalue weighted by atomic mass is 16.5. The van der Waals surface area contributed by atoms with Gasteiger partial charge in [-0.25, -0.2) is 4.98 Å². The lowest BCUT2D eigenvalue weighted by Gasteiger charge is -2.34. The number of nitrogens with zero attached hydrogens (tertiary/aromatic N) is 3. The summed E-state index contributed by atoms with van der Waals surface area (Å²) >= 11 is 0. The Morgan fingerprint density at radius 1 is 1.62 bits per heavy atom. The molecule has 2 rings (SSSR count). The molecular weight excluding hydrogens is 204 g/mol. The van der Waals surface area contributed by atoms with Crippen molar-refractivity contribution in [3.8, 4) is 0 Å². The van der Waals surface area contributed by atoms with E-state index in [9.17, 15) is 0 Å². The Morgan fingerprint density at radius 2 is 2.50 bits per heavy atom. The Morgan fingerprint density at radius 3 is 3.25 bits per heavy atom. The third-order valence-corrected chi connectivity index (χ3v) is 2.64. The highest BCUT2D eigenvalue weighted by Gasteiger charge is 2.20. The van der Waals surface area contributed by atoms with Crippen molar-refractivity contribution in [1.29, 1.82) is 0 Å². The van der Waals surface area contributed by atoms with E-state index < -0.39 is 0 Å². The van der Waals surface area contributed by atoms with Crippen LogP contribution in [0.15, 0.2) is 12.3 Å². The lowest BCUT2D eigenvalue weighted by molar-refractivity contribution is 0.0985. The smallest absolute Gasteiger partial charge is 0.224 e. The van der Waals surface area contributed by atoms with Crippen molar-refractivity contribution >= 4 is 11.8 Å². The van der Waals surface area contributed by atoms with Crippen LogP contribution < -0.4 is 10.2 Å². The quantitative estimate of drug-likeness (QED) is 0.831. The fraction of sp³-hybridized carbons (Fsp3) is 0.636. The van der Waals surface area contributed by atoms with Gasteiger partial charge in [0.25, 0.3) is 0 Å². The van der Waals surface area contributed by atoms with E-state index in [0.29, 0.717) is 12.0 Å². The Hall–Kier alpha value is -1.36. The first-order valence-electron chi connectivity index (χ1n) is 5.72. The molecule has 0 saturated carbocycles. The van der Waals surface area contributed by atoms with E-state index in [1.54, 1.807) is 6.20 Å². The molecule has 5 nitrogen and oxygen atoms in total. The molecule has 5 heteroatoms. The van der Waals surface area contributed by atoms with Crippen molar-refractivity contribution in [3.63, 3.8) is 0 Å². The Kier molecular flexibility index (Phi) is 3.56. The molecule has 1 N–H and O–H groups in total. The van der Waals surface area contributed by atoms with Crippen LogP contribution in [-0.4, -0.2) is 42.3 Å². The zero-order valence-corrected chi connectivity index (χ0v) is 9.81. The number of rotatable bonds is 3. The monoisotopic (exact) mass is 222 g/mol. The van der Waals surface area contributed by atoms with Gasteiger partial charge in [0.1, 0.15) is 5.82 Å². The predicted octanol–water partition coefficient (Wildman–Crippen LogP) is 1.13. The van der Waals surface area contributed by atoms with E-state index in [2.05, 4.69) is 27.1 Å². The van der Waals surface area contributed by atoms with Gasteiger partial charge in [-0.2, -0.15) is 4.98 Å². The number of aromatic nitrogens is 2. The molecule has 1 aliphatic heterocycles. The van der Waals surface area contributed by atoms with Crippen molar-refractivity contribution in [2.45, 2.75) is 19.9 Å². The largest absolute Gasteiger partial charge is 0.377 e. The summed E-state index contributed by atoms with van der Waals surface area (Å²) in [7, 11) is 0. The van der Waals surface area contributed by atoms with Crippen LogP contribution in [0.3, 0.4) is 0 Å². The van der Waals surface area contributed by atoms with Crippen LogP contribution in [0.2, 0.25) is 0 Å². The summed E-state index contributed by atoms with van der Waals surface area (Å²) < 4.78 is 5.41. The van der Waals surface area contributed by atoms with Crippen molar-refractivity contribution in [2.24, 2.45) is 0 Å². The molecule has 1 unspecified atom stereocenters. The van der Waals surface area contributed by atoms with Gasteiger partial charge in [-0.05, 0) is 19.9 Å². The molecule has 0 aliphatic carbocycles. The van der Waals surface area contributed by atoms with Gasteiger partial charge in [-0.1, -0.05) is 0 Å². The van der Waals surface area contributed by atoms with E-state index in [0.717, 1.165) is 32.1 Å². The zero-order chi connectivity index (χ0) is 11.4. The molecule has 0 spiro atoms. The summed E-state index contributed by atoms with van der Waals surface area (Å²) in [6.07, 6.45) is 1.79. The van der Waals surface area contributed by atoms with Crippen molar-refractivity contribution in [1.82, 2.24) is 9.97 Å². The van der Waals surface area contributed by atoms with Crippen LogP contribution >= 0.6 is 0 Å². The Labute approximate surface area is 95.8 Å². The van der Waals surface area contributed by atoms with Gasteiger partial charge in [-0.15, -0.1) is 0 Å². The first-order chi connectivity index (χ1) is 7.81. The van der Waals surface area contributed by atoms with Crippen LogP contribution in [0.25, 0.3) is 0 Å². The fourth-order valence-corrected chi connectivity index (χ4v) is 1.82. The molecule has 2 heterocycles. The lowest BCUT2D eigenvalue weighted by atomic mass is 10.2. The van der Waals surface area contributed by atoms with E-state index in [1.165, 1.54) is 0 Å². The minimum atomic E-state index is 0.373. The molecule has 0 radical (unpaired) electrons.